The number of phenolic OH excluding ortho intramolecular Hbond substituents is 1. The van der Waals surface area contributed by atoms with Crippen LogP contribution in [-0.4, -0.2) is 17.2 Å². The number of halogens is 1. The fraction of sp³-hybridized carbons (Fsp3) is 0.417. The van der Waals surface area contributed by atoms with Gasteiger partial charge in [-0.2, -0.15) is 5.10 Å². The third kappa shape index (κ3) is 3.61. The molecule has 2 aromatic rings. The Balaban J connectivity index is 1.35. The molecule has 0 atom stereocenters. The first-order valence-corrected chi connectivity index (χ1v) is 11.2. The summed E-state index contributed by atoms with van der Waals surface area (Å²) >= 11 is 3.37. The summed E-state index contributed by atoms with van der Waals surface area (Å²) in [6.45, 7) is 0. The Morgan fingerprint density at radius 1 is 1.07 bits per heavy atom. The maximum absolute atomic E-state index is 12.3. The Morgan fingerprint density at radius 3 is 2.41 bits per heavy atom. The summed E-state index contributed by atoms with van der Waals surface area (Å²) in [4.78, 5) is 12.3. The second-order valence-electron chi connectivity index (χ2n) is 9.18. The molecule has 6 rings (SSSR count). The lowest BCUT2D eigenvalue weighted by molar-refractivity contribution is -0.00520. The summed E-state index contributed by atoms with van der Waals surface area (Å²) in [5.41, 5.74) is 5.34. The second-order valence-corrected chi connectivity index (χ2v) is 10.1. The van der Waals surface area contributed by atoms with E-state index in [1.165, 1.54) is 44.1 Å². The van der Waals surface area contributed by atoms with Crippen molar-refractivity contribution in [3.05, 3.63) is 63.6 Å². The van der Waals surface area contributed by atoms with Crippen LogP contribution in [0, 0.1) is 17.8 Å². The Labute approximate surface area is 179 Å². The average Bonchev–Trinajstić information content (AvgIpc) is 2.68. The van der Waals surface area contributed by atoms with Gasteiger partial charge in [0.2, 0.25) is 0 Å². The first-order chi connectivity index (χ1) is 14.0. The van der Waals surface area contributed by atoms with E-state index < -0.39 is 0 Å². The highest BCUT2D eigenvalue weighted by atomic mass is 79.9. The SMILES string of the molecule is O=C(N/N=C/c1cc(C23CC4CC(CC(C4)C2)C3)ccc1O)c1cccc(Br)c1. The molecule has 2 aromatic carbocycles. The zero-order valence-corrected chi connectivity index (χ0v) is 17.9. The fourth-order valence-electron chi connectivity index (χ4n) is 6.31. The number of phenols is 1. The summed E-state index contributed by atoms with van der Waals surface area (Å²) in [5, 5.41) is 14.4. The van der Waals surface area contributed by atoms with Gasteiger partial charge in [-0.05, 0) is 97.6 Å². The number of carbonyl (C=O) groups is 1. The number of benzene rings is 2. The molecule has 4 aliphatic carbocycles. The van der Waals surface area contributed by atoms with E-state index in [0.29, 0.717) is 11.1 Å². The van der Waals surface area contributed by atoms with E-state index in [4.69, 9.17) is 0 Å². The molecule has 0 unspecified atom stereocenters. The van der Waals surface area contributed by atoms with E-state index in [9.17, 15) is 9.90 Å². The van der Waals surface area contributed by atoms with Gasteiger partial charge in [0.05, 0.1) is 6.21 Å². The molecule has 4 bridgehead atoms. The lowest BCUT2D eigenvalue weighted by atomic mass is 9.48. The molecule has 0 spiro atoms. The van der Waals surface area contributed by atoms with E-state index in [-0.39, 0.29) is 17.1 Å². The van der Waals surface area contributed by atoms with Crippen molar-refractivity contribution in [3.63, 3.8) is 0 Å². The highest BCUT2D eigenvalue weighted by Gasteiger charge is 2.51. The molecule has 0 aliphatic heterocycles. The van der Waals surface area contributed by atoms with Crippen LogP contribution in [0.25, 0.3) is 0 Å². The molecule has 4 saturated carbocycles. The average molecular weight is 453 g/mol. The predicted molar refractivity (Wildman–Crippen MR) is 117 cm³/mol. The van der Waals surface area contributed by atoms with Crippen LogP contribution < -0.4 is 5.43 Å². The van der Waals surface area contributed by atoms with Crippen LogP contribution >= 0.6 is 15.9 Å². The van der Waals surface area contributed by atoms with Gasteiger partial charge >= 0.3 is 0 Å². The van der Waals surface area contributed by atoms with Gasteiger partial charge in [-0.15, -0.1) is 0 Å². The minimum atomic E-state index is -0.278. The van der Waals surface area contributed by atoms with Crippen molar-refractivity contribution < 1.29 is 9.90 Å². The van der Waals surface area contributed by atoms with Crippen LogP contribution in [0.3, 0.4) is 0 Å². The zero-order chi connectivity index (χ0) is 20.0. The van der Waals surface area contributed by atoms with Crippen LogP contribution in [0.1, 0.15) is 60.0 Å². The van der Waals surface area contributed by atoms with Gasteiger partial charge in [0.25, 0.3) is 5.91 Å². The quantitative estimate of drug-likeness (QED) is 0.482. The van der Waals surface area contributed by atoms with Crippen LogP contribution in [0.2, 0.25) is 0 Å². The number of hydrogen-bond donors (Lipinski definition) is 2. The van der Waals surface area contributed by atoms with Crippen molar-refractivity contribution in [1.82, 2.24) is 5.43 Å². The molecule has 0 saturated heterocycles. The van der Waals surface area contributed by atoms with Crippen molar-refractivity contribution in [3.8, 4) is 5.75 Å². The Bertz CT molecular complexity index is 949. The molecule has 150 valence electrons. The van der Waals surface area contributed by atoms with Gasteiger partial charge in [-0.1, -0.05) is 28.1 Å². The molecule has 0 radical (unpaired) electrons. The van der Waals surface area contributed by atoms with E-state index in [1.54, 1.807) is 24.4 Å². The minimum Gasteiger partial charge on any atom is -0.507 e. The van der Waals surface area contributed by atoms with Crippen LogP contribution in [0.5, 0.6) is 5.75 Å². The number of carbonyl (C=O) groups excluding carboxylic acids is 1. The first-order valence-electron chi connectivity index (χ1n) is 10.4. The van der Waals surface area contributed by atoms with Gasteiger partial charge in [0, 0.05) is 15.6 Å². The summed E-state index contributed by atoms with van der Waals surface area (Å²) in [6.07, 6.45) is 9.61. The topological polar surface area (TPSA) is 61.7 Å². The standard InChI is InChI=1S/C24H25BrN2O2/c25-21-3-1-2-18(10-21)23(29)27-26-14-19-9-20(4-5-22(19)28)24-11-15-6-16(12-24)8-17(7-15)13-24/h1-5,9-10,14-17,28H,6-8,11-13H2,(H,27,29)/b26-14+. The zero-order valence-electron chi connectivity index (χ0n) is 16.3. The molecular formula is C24H25BrN2O2. The van der Waals surface area contributed by atoms with Gasteiger partial charge in [-0.25, -0.2) is 5.43 Å². The lowest BCUT2D eigenvalue weighted by Crippen LogP contribution is -2.48. The molecule has 0 aromatic heterocycles. The number of amides is 1. The summed E-state index contributed by atoms with van der Waals surface area (Å²) in [7, 11) is 0. The molecular weight excluding hydrogens is 428 g/mol. The van der Waals surface area contributed by atoms with Gasteiger partial charge in [0.1, 0.15) is 5.75 Å². The van der Waals surface area contributed by atoms with Crippen molar-refractivity contribution in [2.45, 2.75) is 43.9 Å². The van der Waals surface area contributed by atoms with Crippen molar-refractivity contribution in [2.75, 3.05) is 0 Å². The molecule has 4 fully saturated rings. The van der Waals surface area contributed by atoms with Crippen molar-refractivity contribution in [1.29, 1.82) is 0 Å². The normalized spacial score (nSPS) is 30.0. The van der Waals surface area contributed by atoms with E-state index in [2.05, 4.69) is 38.6 Å². The van der Waals surface area contributed by atoms with Crippen LogP contribution in [-0.2, 0) is 5.41 Å². The highest BCUT2D eigenvalue weighted by Crippen LogP contribution is 2.60. The molecule has 5 heteroatoms. The number of nitrogens with one attached hydrogen (secondary N) is 1. The number of nitrogens with zero attached hydrogens (tertiary/aromatic N) is 1. The van der Waals surface area contributed by atoms with Crippen molar-refractivity contribution in [2.24, 2.45) is 22.9 Å². The highest BCUT2D eigenvalue weighted by molar-refractivity contribution is 9.10. The van der Waals surface area contributed by atoms with Crippen molar-refractivity contribution >= 4 is 28.1 Å². The number of aromatic hydroxyl groups is 1. The van der Waals surface area contributed by atoms with Crippen LogP contribution in [0.15, 0.2) is 52.0 Å². The lowest BCUT2D eigenvalue weighted by Gasteiger charge is -2.57. The van der Waals surface area contributed by atoms with Gasteiger partial charge < -0.3 is 5.11 Å². The number of hydrogen-bond acceptors (Lipinski definition) is 3. The van der Waals surface area contributed by atoms with Crippen LogP contribution in [0.4, 0.5) is 0 Å². The molecule has 4 aliphatic rings. The third-order valence-corrected chi connectivity index (χ3v) is 7.63. The number of hydrazone groups is 1. The smallest absolute Gasteiger partial charge is 0.271 e. The van der Waals surface area contributed by atoms with E-state index >= 15 is 0 Å². The first kappa shape index (κ1) is 18.9. The molecule has 0 heterocycles. The fourth-order valence-corrected chi connectivity index (χ4v) is 6.71. The van der Waals surface area contributed by atoms with Gasteiger partial charge in [0.15, 0.2) is 0 Å². The Hall–Kier alpha value is -2.14. The Kier molecular flexibility index (Phi) is 4.73. The maximum atomic E-state index is 12.3. The largest absolute Gasteiger partial charge is 0.507 e. The van der Waals surface area contributed by atoms with E-state index in [1.807, 2.05) is 12.1 Å². The molecule has 4 nitrogen and oxygen atoms in total. The molecule has 2 N–H and O–H groups in total. The Morgan fingerprint density at radius 2 is 1.76 bits per heavy atom. The molecule has 29 heavy (non-hydrogen) atoms. The predicted octanol–water partition coefficient (Wildman–Crippen LogP) is 5.39. The maximum Gasteiger partial charge on any atom is 0.271 e. The molecule has 1 amide bonds. The van der Waals surface area contributed by atoms with Gasteiger partial charge in [-0.3, -0.25) is 4.79 Å². The summed E-state index contributed by atoms with van der Waals surface area (Å²) in [6, 6.07) is 13.1. The summed E-state index contributed by atoms with van der Waals surface area (Å²) < 4.78 is 0.843. The van der Waals surface area contributed by atoms with E-state index in [0.717, 1.165) is 22.2 Å². The third-order valence-electron chi connectivity index (χ3n) is 7.13. The number of rotatable bonds is 4. The second kappa shape index (κ2) is 7.28. The monoisotopic (exact) mass is 452 g/mol. The summed E-state index contributed by atoms with van der Waals surface area (Å²) in [5.74, 6) is 2.53. The minimum absolute atomic E-state index is 0.193.